The number of aromatic nitrogens is 2. The molecule has 2 heterocycles. The van der Waals surface area contributed by atoms with Gasteiger partial charge >= 0.3 is 0 Å². The molecule has 18 heavy (non-hydrogen) atoms. The van der Waals surface area contributed by atoms with E-state index in [0.717, 1.165) is 0 Å². The van der Waals surface area contributed by atoms with Crippen LogP contribution < -0.4 is 11.5 Å². The monoisotopic (exact) mass is 257 g/mol. The molecule has 0 aromatic carbocycles. The van der Waals surface area contributed by atoms with Crippen LogP contribution in [0.25, 0.3) is 0 Å². The van der Waals surface area contributed by atoms with Crippen LogP contribution in [-0.2, 0) is 4.74 Å². The van der Waals surface area contributed by atoms with Crippen LogP contribution in [0, 0.1) is 0 Å². The second-order valence-corrected chi connectivity index (χ2v) is 4.01. The van der Waals surface area contributed by atoms with Crippen molar-refractivity contribution in [3.63, 3.8) is 0 Å². The quantitative estimate of drug-likeness (QED) is 0.185. The summed E-state index contributed by atoms with van der Waals surface area (Å²) < 4.78 is 6.80. The number of anilines is 1. The van der Waals surface area contributed by atoms with E-state index in [2.05, 4.69) is 10.1 Å². The van der Waals surface area contributed by atoms with Gasteiger partial charge in [0.25, 0.3) is 0 Å². The number of nitrogen functional groups attached to an aromatic ring is 1. The first-order valence-corrected chi connectivity index (χ1v) is 5.33. The molecule has 0 amide bonds. The number of imidazole rings is 1. The van der Waals surface area contributed by atoms with E-state index < -0.39 is 18.4 Å². The zero-order valence-corrected chi connectivity index (χ0v) is 9.47. The molecule has 0 spiro atoms. The fourth-order valence-corrected chi connectivity index (χ4v) is 1.92. The molecule has 1 fully saturated rings. The number of oxime groups is 1. The van der Waals surface area contributed by atoms with Gasteiger partial charge in [-0.05, 0) is 0 Å². The van der Waals surface area contributed by atoms with E-state index in [4.69, 9.17) is 26.5 Å². The highest BCUT2D eigenvalue weighted by Crippen LogP contribution is 2.31. The molecule has 2 rings (SSSR count). The minimum atomic E-state index is -0.807. The Morgan fingerprint density at radius 2 is 2.39 bits per heavy atom. The van der Waals surface area contributed by atoms with E-state index in [1.54, 1.807) is 0 Å². The molecule has 1 saturated heterocycles. The number of nitrogens with two attached hydrogens (primary N) is 2. The van der Waals surface area contributed by atoms with Crippen LogP contribution in [0.2, 0.25) is 0 Å². The summed E-state index contributed by atoms with van der Waals surface area (Å²) in [6.07, 6.45) is -0.360. The van der Waals surface area contributed by atoms with E-state index in [-0.39, 0.29) is 24.0 Å². The summed E-state index contributed by atoms with van der Waals surface area (Å²) in [5.74, 6) is -0.106. The van der Waals surface area contributed by atoms with Crippen molar-refractivity contribution in [2.75, 3.05) is 12.3 Å². The molecule has 100 valence electrons. The Balaban J connectivity index is 2.27. The summed E-state index contributed by atoms with van der Waals surface area (Å²) in [5.41, 5.74) is 11.3. The predicted molar refractivity (Wildman–Crippen MR) is 60.8 cm³/mol. The number of aliphatic hydroxyl groups excluding tert-OH is 2. The fourth-order valence-electron chi connectivity index (χ4n) is 1.92. The first-order valence-electron chi connectivity index (χ1n) is 5.33. The van der Waals surface area contributed by atoms with Gasteiger partial charge in [-0.2, -0.15) is 0 Å². The van der Waals surface area contributed by atoms with Crippen molar-refractivity contribution in [1.29, 1.82) is 0 Å². The molecule has 0 unspecified atom stereocenters. The molecule has 9 heteroatoms. The molecular formula is C9H15N5O4. The van der Waals surface area contributed by atoms with E-state index in [1.807, 2.05) is 0 Å². The molecule has 7 N–H and O–H groups in total. The minimum Gasteiger partial charge on any atom is -0.409 e. The lowest BCUT2D eigenvalue weighted by Crippen LogP contribution is -2.22. The molecule has 1 aliphatic heterocycles. The third-order valence-corrected chi connectivity index (χ3v) is 2.83. The Kier molecular flexibility index (Phi) is 3.36. The van der Waals surface area contributed by atoms with Crippen molar-refractivity contribution in [2.45, 2.75) is 24.9 Å². The Bertz CT molecular complexity index is 460. The highest BCUT2D eigenvalue weighted by atomic mass is 16.5. The van der Waals surface area contributed by atoms with E-state index in [9.17, 15) is 5.11 Å². The van der Waals surface area contributed by atoms with Gasteiger partial charge in [0, 0.05) is 6.42 Å². The molecule has 0 radical (unpaired) electrons. The van der Waals surface area contributed by atoms with Crippen molar-refractivity contribution in [3.05, 3.63) is 12.0 Å². The summed E-state index contributed by atoms with van der Waals surface area (Å²) in [7, 11) is 0. The second-order valence-electron chi connectivity index (χ2n) is 4.01. The van der Waals surface area contributed by atoms with Crippen LogP contribution in [0.1, 0.15) is 18.3 Å². The molecule has 3 atom stereocenters. The zero-order chi connectivity index (χ0) is 13.3. The van der Waals surface area contributed by atoms with Crippen LogP contribution in [0.4, 0.5) is 5.82 Å². The first-order chi connectivity index (χ1) is 8.58. The molecule has 0 aliphatic carbocycles. The maximum Gasteiger partial charge on any atom is 0.192 e. The van der Waals surface area contributed by atoms with Crippen molar-refractivity contribution in [2.24, 2.45) is 10.9 Å². The summed E-state index contributed by atoms with van der Waals surface area (Å²) in [6, 6.07) is 0. The minimum absolute atomic E-state index is 0.112. The average Bonchev–Trinajstić information content (AvgIpc) is 2.91. The van der Waals surface area contributed by atoms with Gasteiger partial charge in [-0.25, -0.2) is 4.98 Å². The van der Waals surface area contributed by atoms with Crippen LogP contribution in [0.3, 0.4) is 0 Å². The number of amidine groups is 1. The summed E-state index contributed by atoms with van der Waals surface area (Å²) in [4.78, 5) is 3.88. The fraction of sp³-hybridized carbons (Fsp3) is 0.556. The van der Waals surface area contributed by atoms with Gasteiger partial charge < -0.3 is 31.6 Å². The van der Waals surface area contributed by atoms with Crippen molar-refractivity contribution >= 4 is 11.7 Å². The topological polar surface area (TPSA) is 152 Å². The lowest BCUT2D eigenvalue weighted by molar-refractivity contribution is -0.0494. The van der Waals surface area contributed by atoms with Gasteiger partial charge in [0.05, 0.1) is 19.0 Å². The van der Waals surface area contributed by atoms with Gasteiger partial charge in [-0.15, -0.1) is 0 Å². The first kappa shape index (κ1) is 12.6. The second kappa shape index (κ2) is 4.80. The summed E-state index contributed by atoms with van der Waals surface area (Å²) in [5, 5.41) is 30.2. The maximum absolute atomic E-state index is 9.82. The predicted octanol–water partition coefficient (Wildman–Crippen LogP) is -1.80. The van der Waals surface area contributed by atoms with Crippen molar-refractivity contribution in [1.82, 2.24) is 9.55 Å². The van der Waals surface area contributed by atoms with Crippen LogP contribution >= 0.6 is 0 Å². The standard InChI is InChI=1S/C9H15N5O4/c10-7(13-17)6-8(11)14(3-12-6)9-5(16)1-4(2-15)18-9/h3-5,9,15-17H,1-2,11H2,(H2,10,13)/t4-,5-,9+/m0/s1. The molecule has 9 nitrogen and oxygen atoms in total. The van der Waals surface area contributed by atoms with Gasteiger partial charge in [0.15, 0.2) is 17.8 Å². The lowest BCUT2D eigenvalue weighted by atomic mass is 10.2. The normalized spacial score (nSPS) is 28.8. The number of hydrogen-bond acceptors (Lipinski definition) is 7. The van der Waals surface area contributed by atoms with Crippen LogP contribution in [0.15, 0.2) is 11.5 Å². The Morgan fingerprint density at radius 1 is 1.67 bits per heavy atom. The Hall–Kier alpha value is -1.84. The van der Waals surface area contributed by atoms with Gasteiger partial charge in [0.1, 0.15) is 11.9 Å². The number of ether oxygens (including phenoxy) is 1. The van der Waals surface area contributed by atoms with E-state index >= 15 is 0 Å². The van der Waals surface area contributed by atoms with Gasteiger partial charge in [0.2, 0.25) is 0 Å². The molecule has 1 aromatic rings. The molecule has 0 bridgehead atoms. The molecule has 1 aromatic heterocycles. The summed E-state index contributed by atoms with van der Waals surface area (Å²) in [6.45, 7) is -0.185. The number of nitrogens with zero attached hydrogens (tertiary/aromatic N) is 3. The molecule has 1 aliphatic rings. The van der Waals surface area contributed by atoms with Gasteiger partial charge in [-0.3, -0.25) is 4.57 Å². The maximum atomic E-state index is 9.82. The Morgan fingerprint density at radius 3 is 2.94 bits per heavy atom. The highest BCUT2D eigenvalue weighted by Gasteiger charge is 2.36. The van der Waals surface area contributed by atoms with Gasteiger partial charge in [-0.1, -0.05) is 5.16 Å². The average molecular weight is 257 g/mol. The highest BCUT2D eigenvalue weighted by molar-refractivity contribution is 5.99. The number of hydrogen-bond donors (Lipinski definition) is 5. The number of rotatable bonds is 3. The van der Waals surface area contributed by atoms with Crippen molar-refractivity contribution in [3.8, 4) is 0 Å². The van der Waals surface area contributed by atoms with Crippen molar-refractivity contribution < 1.29 is 20.2 Å². The van der Waals surface area contributed by atoms with E-state index in [1.165, 1.54) is 10.9 Å². The van der Waals surface area contributed by atoms with E-state index in [0.29, 0.717) is 6.42 Å². The third-order valence-electron chi connectivity index (χ3n) is 2.83. The van der Waals surface area contributed by atoms with Crippen LogP contribution in [0.5, 0.6) is 0 Å². The summed E-state index contributed by atoms with van der Waals surface area (Å²) >= 11 is 0. The van der Waals surface area contributed by atoms with Crippen LogP contribution in [-0.4, -0.2) is 49.6 Å². The molecule has 0 saturated carbocycles. The number of aliphatic hydroxyl groups is 2. The lowest BCUT2D eigenvalue weighted by Gasteiger charge is -2.17. The third kappa shape index (κ3) is 1.98. The molecular weight excluding hydrogens is 242 g/mol. The zero-order valence-electron chi connectivity index (χ0n) is 9.47. The smallest absolute Gasteiger partial charge is 0.192 e. The SMILES string of the molecule is N/C(=N\O)c1ncn([C@@H]2O[C@H](CO)C[C@@H]2O)c1N. The Labute approximate surface area is 102 Å². The largest absolute Gasteiger partial charge is 0.409 e.